The third-order valence-electron chi connectivity index (χ3n) is 2.15. The van der Waals surface area contributed by atoms with E-state index in [0.29, 0.717) is 11.1 Å². The third kappa shape index (κ3) is 3.59. The fourth-order valence-electron chi connectivity index (χ4n) is 1.36. The molecular formula is C12H12ClNOS. The van der Waals surface area contributed by atoms with Crippen LogP contribution in [-0.2, 0) is 17.8 Å². The lowest BCUT2D eigenvalue weighted by atomic mass is 10.2. The normalized spacial score (nSPS) is 10.6. The maximum atomic E-state index is 5.72. The number of hydrogen-bond donors (Lipinski definition) is 0. The predicted molar refractivity (Wildman–Crippen MR) is 66.9 cm³/mol. The summed E-state index contributed by atoms with van der Waals surface area (Å²) in [6.45, 7) is 1.32. The van der Waals surface area contributed by atoms with Gasteiger partial charge in [0.25, 0.3) is 0 Å². The Bertz CT molecular complexity index is 430. The molecule has 1 aromatic carbocycles. The van der Waals surface area contributed by atoms with Crippen LogP contribution in [-0.4, -0.2) is 11.6 Å². The first kappa shape index (κ1) is 11.6. The average molecular weight is 254 g/mol. The van der Waals surface area contributed by atoms with Crippen molar-refractivity contribution in [1.29, 1.82) is 0 Å². The highest BCUT2D eigenvalue weighted by Crippen LogP contribution is 2.18. The molecule has 0 aliphatic carbocycles. The van der Waals surface area contributed by atoms with Gasteiger partial charge >= 0.3 is 0 Å². The van der Waals surface area contributed by atoms with Crippen LogP contribution in [0.3, 0.4) is 0 Å². The summed E-state index contributed by atoms with van der Waals surface area (Å²) in [7, 11) is 0. The Morgan fingerprint density at radius 1 is 1.25 bits per heavy atom. The molecule has 0 spiro atoms. The molecule has 16 heavy (non-hydrogen) atoms. The molecule has 0 atom stereocenters. The Morgan fingerprint density at radius 3 is 2.75 bits per heavy atom. The first-order chi connectivity index (χ1) is 7.84. The van der Waals surface area contributed by atoms with Gasteiger partial charge in [-0.05, 0) is 12.0 Å². The summed E-state index contributed by atoms with van der Waals surface area (Å²) in [5, 5.41) is 0. The van der Waals surface area contributed by atoms with Crippen LogP contribution in [0.15, 0.2) is 36.5 Å². The van der Waals surface area contributed by atoms with E-state index in [1.54, 1.807) is 6.20 Å². The molecule has 0 unspecified atom stereocenters. The minimum absolute atomic E-state index is 0.571. The summed E-state index contributed by atoms with van der Waals surface area (Å²) < 4.78 is 6.12. The number of thiazole rings is 1. The van der Waals surface area contributed by atoms with Gasteiger partial charge in [0.1, 0.15) is 0 Å². The van der Waals surface area contributed by atoms with E-state index >= 15 is 0 Å². The van der Waals surface area contributed by atoms with Crippen LogP contribution in [0.1, 0.15) is 10.4 Å². The van der Waals surface area contributed by atoms with Crippen molar-refractivity contribution in [3.8, 4) is 0 Å². The topological polar surface area (TPSA) is 22.1 Å². The molecule has 1 aromatic heterocycles. The van der Waals surface area contributed by atoms with Crippen molar-refractivity contribution in [2.45, 2.75) is 13.0 Å². The monoisotopic (exact) mass is 253 g/mol. The number of ether oxygens (including phenoxy) is 1. The molecule has 0 N–H and O–H groups in total. The highest BCUT2D eigenvalue weighted by Gasteiger charge is 1.99. The molecule has 0 saturated carbocycles. The standard InChI is InChI=1S/C12H12ClNOS/c13-12-14-8-11(16-12)9-15-7-6-10-4-2-1-3-5-10/h1-5,8H,6-7,9H2. The van der Waals surface area contributed by atoms with Crippen LogP contribution in [0.2, 0.25) is 4.47 Å². The lowest BCUT2D eigenvalue weighted by Gasteiger charge is -2.02. The Balaban J connectivity index is 1.69. The van der Waals surface area contributed by atoms with E-state index in [-0.39, 0.29) is 0 Å². The zero-order valence-corrected chi connectivity index (χ0v) is 10.3. The number of nitrogens with zero attached hydrogens (tertiary/aromatic N) is 1. The van der Waals surface area contributed by atoms with Crippen molar-refractivity contribution < 1.29 is 4.74 Å². The number of halogens is 1. The lowest BCUT2D eigenvalue weighted by Crippen LogP contribution is -1.97. The second-order valence-corrected chi connectivity index (χ2v) is 5.07. The van der Waals surface area contributed by atoms with Crippen LogP contribution in [0.25, 0.3) is 0 Å². The molecule has 0 saturated heterocycles. The summed E-state index contributed by atoms with van der Waals surface area (Å²) in [6, 6.07) is 10.3. The smallest absolute Gasteiger partial charge is 0.183 e. The van der Waals surface area contributed by atoms with Crippen LogP contribution < -0.4 is 0 Å². The summed E-state index contributed by atoms with van der Waals surface area (Å²) in [4.78, 5) is 5.03. The van der Waals surface area contributed by atoms with Gasteiger partial charge in [0.05, 0.1) is 18.1 Å². The van der Waals surface area contributed by atoms with E-state index in [0.717, 1.165) is 17.9 Å². The molecule has 2 nitrogen and oxygen atoms in total. The molecule has 1 heterocycles. The zero-order chi connectivity index (χ0) is 11.2. The van der Waals surface area contributed by atoms with Gasteiger partial charge in [-0.25, -0.2) is 4.98 Å². The molecule has 0 fully saturated rings. The van der Waals surface area contributed by atoms with E-state index in [4.69, 9.17) is 16.3 Å². The van der Waals surface area contributed by atoms with Gasteiger partial charge in [0.15, 0.2) is 4.47 Å². The van der Waals surface area contributed by atoms with E-state index in [2.05, 4.69) is 17.1 Å². The second kappa shape index (κ2) is 5.99. The minimum atomic E-state index is 0.571. The molecule has 2 aromatic rings. The van der Waals surface area contributed by atoms with Gasteiger partial charge in [-0.1, -0.05) is 41.9 Å². The van der Waals surface area contributed by atoms with Crippen LogP contribution in [0.4, 0.5) is 0 Å². The molecule has 4 heteroatoms. The summed E-state index contributed by atoms with van der Waals surface area (Å²) >= 11 is 7.18. The molecule has 0 aliphatic rings. The Kier molecular flexibility index (Phi) is 4.34. The maximum absolute atomic E-state index is 5.72. The molecule has 0 bridgehead atoms. The van der Waals surface area contributed by atoms with Gasteiger partial charge in [-0.3, -0.25) is 0 Å². The Labute approximate surface area is 104 Å². The fourth-order valence-corrected chi connectivity index (χ4v) is 2.27. The molecular weight excluding hydrogens is 242 g/mol. The van der Waals surface area contributed by atoms with E-state index in [1.807, 2.05) is 18.2 Å². The first-order valence-electron chi connectivity index (χ1n) is 5.06. The van der Waals surface area contributed by atoms with Crippen LogP contribution in [0.5, 0.6) is 0 Å². The Morgan fingerprint density at radius 2 is 2.06 bits per heavy atom. The fraction of sp³-hybridized carbons (Fsp3) is 0.250. The van der Waals surface area contributed by atoms with Gasteiger partial charge in [0, 0.05) is 6.20 Å². The molecule has 0 aliphatic heterocycles. The summed E-state index contributed by atoms with van der Waals surface area (Å²) in [5.41, 5.74) is 1.30. The van der Waals surface area contributed by atoms with Crippen molar-refractivity contribution in [2.24, 2.45) is 0 Å². The van der Waals surface area contributed by atoms with Gasteiger partial charge in [0.2, 0.25) is 0 Å². The van der Waals surface area contributed by atoms with E-state index < -0.39 is 0 Å². The second-order valence-electron chi connectivity index (χ2n) is 3.37. The third-order valence-corrected chi connectivity index (χ3v) is 3.24. The predicted octanol–water partition coefficient (Wildman–Crippen LogP) is 3.56. The lowest BCUT2D eigenvalue weighted by molar-refractivity contribution is 0.126. The molecule has 0 radical (unpaired) electrons. The number of benzene rings is 1. The maximum Gasteiger partial charge on any atom is 0.183 e. The van der Waals surface area contributed by atoms with E-state index in [9.17, 15) is 0 Å². The molecule has 0 amide bonds. The van der Waals surface area contributed by atoms with Gasteiger partial charge < -0.3 is 4.74 Å². The zero-order valence-electron chi connectivity index (χ0n) is 8.73. The van der Waals surface area contributed by atoms with Crippen molar-refractivity contribution in [1.82, 2.24) is 4.98 Å². The SMILES string of the molecule is Clc1ncc(COCCc2ccccc2)s1. The summed E-state index contributed by atoms with van der Waals surface area (Å²) in [6.07, 6.45) is 2.70. The van der Waals surface area contributed by atoms with E-state index in [1.165, 1.54) is 16.9 Å². The number of aromatic nitrogens is 1. The number of rotatable bonds is 5. The minimum Gasteiger partial charge on any atom is -0.376 e. The summed E-state index contributed by atoms with van der Waals surface area (Å²) in [5.74, 6) is 0. The quantitative estimate of drug-likeness (QED) is 0.761. The average Bonchev–Trinajstić information content (AvgIpc) is 2.72. The van der Waals surface area contributed by atoms with Crippen LogP contribution >= 0.6 is 22.9 Å². The van der Waals surface area contributed by atoms with Crippen molar-refractivity contribution in [3.05, 3.63) is 51.4 Å². The molecule has 2 rings (SSSR count). The number of hydrogen-bond acceptors (Lipinski definition) is 3. The molecule has 84 valence electrons. The first-order valence-corrected chi connectivity index (χ1v) is 6.26. The van der Waals surface area contributed by atoms with Crippen LogP contribution in [0, 0.1) is 0 Å². The van der Waals surface area contributed by atoms with Crippen molar-refractivity contribution in [3.63, 3.8) is 0 Å². The highest BCUT2D eigenvalue weighted by molar-refractivity contribution is 7.15. The highest BCUT2D eigenvalue weighted by atomic mass is 35.5. The Hall–Kier alpha value is -0.900. The van der Waals surface area contributed by atoms with Gasteiger partial charge in [-0.2, -0.15) is 0 Å². The van der Waals surface area contributed by atoms with Crippen molar-refractivity contribution >= 4 is 22.9 Å². The van der Waals surface area contributed by atoms with Gasteiger partial charge in [-0.15, -0.1) is 11.3 Å². The van der Waals surface area contributed by atoms with Crippen molar-refractivity contribution in [2.75, 3.05) is 6.61 Å². The largest absolute Gasteiger partial charge is 0.376 e.